The zero-order valence-electron chi connectivity index (χ0n) is 29.0. The lowest BCUT2D eigenvalue weighted by Crippen LogP contribution is -2.15. The van der Waals surface area contributed by atoms with Gasteiger partial charge in [-0.2, -0.15) is 0 Å². The lowest BCUT2D eigenvalue weighted by Gasteiger charge is -2.09. The van der Waals surface area contributed by atoms with Gasteiger partial charge < -0.3 is 47.4 Å². The van der Waals surface area contributed by atoms with Crippen LogP contribution in [0.3, 0.4) is 0 Å². The largest absolute Gasteiger partial charge is 0.491 e. The number of unbranched alkanes of at least 4 members (excludes halogenated alkanes) is 6. The minimum absolute atomic E-state index is 0.201. The van der Waals surface area contributed by atoms with Gasteiger partial charge in [-0.05, 0) is 30.5 Å². The van der Waals surface area contributed by atoms with Gasteiger partial charge in [0.25, 0.3) is 0 Å². The molecule has 0 spiro atoms. The molecule has 0 aromatic heterocycles. The zero-order valence-corrected chi connectivity index (χ0v) is 29.0. The highest BCUT2D eigenvalue weighted by Crippen LogP contribution is 2.15. The maximum absolute atomic E-state index is 10.8. The molecule has 11 nitrogen and oxygen atoms in total. The number of ether oxygens (including phenoxy) is 10. The highest BCUT2D eigenvalue weighted by molar-refractivity contribution is 5.81. The molecule has 0 fully saturated rings. The number of rotatable bonds is 37. The first-order valence-corrected chi connectivity index (χ1v) is 17.4. The Kier molecular flexibility index (Phi) is 32.2. The highest BCUT2D eigenvalue weighted by atomic mass is 16.6. The average Bonchev–Trinajstić information content (AvgIpc) is 3.09. The molecule has 47 heavy (non-hydrogen) atoms. The Bertz CT molecular complexity index is 807. The van der Waals surface area contributed by atoms with Crippen molar-refractivity contribution in [1.29, 1.82) is 0 Å². The molecule has 0 saturated heterocycles. The summed E-state index contributed by atoms with van der Waals surface area (Å²) < 4.78 is 54.2. The summed E-state index contributed by atoms with van der Waals surface area (Å²) in [5, 5.41) is 0. The van der Waals surface area contributed by atoms with Gasteiger partial charge in [-0.15, -0.1) is 0 Å². The molecular weight excluding hydrogens is 608 g/mol. The molecule has 272 valence electrons. The second-order valence-corrected chi connectivity index (χ2v) is 10.6. The first kappa shape index (κ1) is 42.9. The number of benzene rings is 1. The Morgan fingerprint density at radius 1 is 0.511 bits per heavy atom. The molecule has 0 amide bonds. The van der Waals surface area contributed by atoms with Crippen molar-refractivity contribution in [2.24, 2.45) is 0 Å². The van der Waals surface area contributed by atoms with Crippen molar-refractivity contribution < 1.29 is 52.2 Å². The molecule has 0 unspecified atom stereocenters. The molecule has 0 aliphatic rings. The highest BCUT2D eigenvalue weighted by Gasteiger charge is 1.99. The van der Waals surface area contributed by atoms with Crippen LogP contribution in [-0.2, 0) is 53.8 Å². The number of carbonyl (C=O) groups is 1. The van der Waals surface area contributed by atoms with Gasteiger partial charge in [0, 0.05) is 6.08 Å². The van der Waals surface area contributed by atoms with E-state index in [1.54, 1.807) is 0 Å². The van der Waals surface area contributed by atoms with Crippen molar-refractivity contribution >= 4 is 5.97 Å². The second kappa shape index (κ2) is 35.2. The zero-order chi connectivity index (χ0) is 33.7. The van der Waals surface area contributed by atoms with Crippen LogP contribution in [0.15, 0.2) is 36.9 Å². The minimum Gasteiger partial charge on any atom is -0.491 e. The fraction of sp³-hybridized carbons (Fsp3) is 0.750. The molecule has 0 atom stereocenters. The van der Waals surface area contributed by atoms with E-state index in [0.717, 1.165) is 18.2 Å². The molecule has 1 aromatic rings. The topological polar surface area (TPSA) is 109 Å². The van der Waals surface area contributed by atoms with E-state index in [4.69, 9.17) is 47.4 Å². The first-order chi connectivity index (χ1) is 23.3. The minimum atomic E-state index is -0.456. The Labute approximate surface area is 283 Å². The van der Waals surface area contributed by atoms with E-state index in [2.05, 4.69) is 37.8 Å². The molecule has 1 rings (SSSR count). The SMILES string of the molecule is C=CC(=O)OCCOCCOCCOCCOCCOCCOCCOCCOCCOc1ccc(CCCCCCCCC)cc1. The van der Waals surface area contributed by atoms with Crippen LogP contribution in [0.1, 0.15) is 57.4 Å². The van der Waals surface area contributed by atoms with Gasteiger partial charge >= 0.3 is 5.97 Å². The molecule has 0 bridgehead atoms. The Morgan fingerprint density at radius 2 is 0.872 bits per heavy atom. The van der Waals surface area contributed by atoms with E-state index in [0.29, 0.717) is 112 Å². The van der Waals surface area contributed by atoms with Crippen LogP contribution in [0.5, 0.6) is 5.75 Å². The first-order valence-electron chi connectivity index (χ1n) is 17.4. The second-order valence-electron chi connectivity index (χ2n) is 10.6. The molecular formula is C36H62O11. The predicted octanol–water partition coefficient (Wildman–Crippen LogP) is 5.22. The molecule has 0 saturated carbocycles. The summed E-state index contributed by atoms with van der Waals surface area (Å²) in [5.41, 5.74) is 1.38. The molecule has 0 aliphatic heterocycles. The molecule has 0 radical (unpaired) electrons. The van der Waals surface area contributed by atoms with Gasteiger partial charge in [-0.3, -0.25) is 0 Å². The van der Waals surface area contributed by atoms with Gasteiger partial charge in [0.1, 0.15) is 19.0 Å². The normalized spacial score (nSPS) is 11.2. The summed E-state index contributed by atoms with van der Waals surface area (Å²) in [6.45, 7) is 14.1. The van der Waals surface area contributed by atoms with Crippen molar-refractivity contribution in [1.82, 2.24) is 0 Å². The number of hydrogen-bond donors (Lipinski definition) is 0. The summed E-state index contributed by atoms with van der Waals surface area (Å²) in [7, 11) is 0. The van der Waals surface area contributed by atoms with Crippen molar-refractivity contribution in [3.8, 4) is 5.75 Å². The van der Waals surface area contributed by atoms with Crippen LogP contribution < -0.4 is 4.74 Å². The number of esters is 1. The van der Waals surface area contributed by atoms with E-state index in [1.165, 1.54) is 50.5 Å². The van der Waals surface area contributed by atoms with E-state index >= 15 is 0 Å². The average molecular weight is 671 g/mol. The third-order valence-electron chi connectivity index (χ3n) is 6.73. The van der Waals surface area contributed by atoms with Crippen LogP contribution in [0.2, 0.25) is 0 Å². The molecule has 0 heterocycles. The van der Waals surface area contributed by atoms with Crippen molar-refractivity contribution in [2.75, 3.05) is 119 Å². The fourth-order valence-electron chi connectivity index (χ4n) is 4.16. The van der Waals surface area contributed by atoms with Crippen molar-refractivity contribution in [3.05, 3.63) is 42.5 Å². The van der Waals surface area contributed by atoms with E-state index < -0.39 is 5.97 Å². The summed E-state index contributed by atoms with van der Waals surface area (Å²) in [6, 6.07) is 8.44. The van der Waals surface area contributed by atoms with Crippen LogP contribution in [-0.4, -0.2) is 125 Å². The Morgan fingerprint density at radius 3 is 1.28 bits per heavy atom. The number of hydrogen-bond acceptors (Lipinski definition) is 11. The van der Waals surface area contributed by atoms with E-state index in [9.17, 15) is 4.79 Å². The third-order valence-corrected chi connectivity index (χ3v) is 6.73. The molecule has 0 N–H and O–H groups in total. The monoisotopic (exact) mass is 670 g/mol. The van der Waals surface area contributed by atoms with Crippen LogP contribution in [0, 0.1) is 0 Å². The van der Waals surface area contributed by atoms with E-state index in [-0.39, 0.29) is 6.61 Å². The molecule has 11 heteroatoms. The lowest BCUT2D eigenvalue weighted by molar-refractivity contribution is -0.139. The van der Waals surface area contributed by atoms with Gasteiger partial charge in [0.05, 0.1) is 106 Å². The standard InChI is InChI=1S/C36H62O11/c1-3-5-6-7-8-9-10-11-34-12-14-35(15-13-34)46-32-30-44-28-26-42-24-22-40-20-18-38-16-17-39-19-21-41-23-25-43-27-29-45-31-33-47-36(37)4-2/h4,12-15H,2-3,5-11,16-33H2,1H3. The lowest BCUT2D eigenvalue weighted by atomic mass is 10.0. The van der Waals surface area contributed by atoms with Crippen LogP contribution in [0.4, 0.5) is 0 Å². The Balaban J connectivity index is 1.72. The van der Waals surface area contributed by atoms with Gasteiger partial charge in [-0.25, -0.2) is 4.79 Å². The van der Waals surface area contributed by atoms with Gasteiger partial charge in [0.2, 0.25) is 0 Å². The summed E-state index contributed by atoms with van der Waals surface area (Å²) in [5.74, 6) is 0.427. The summed E-state index contributed by atoms with van der Waals surface area (Å²) >= 11 is 0. The maximum atomic E-state index is 10.8. The maximum Gasteiger partial charge on any atom is 0.330 e. The van der Waals surface area contributed by atoms with Gasteiger partial charge in [0.15, 0.2) is 0 Å². The molecule has 0 aliphatic carbocycles. The predicted molar refractivity (Wildman–Crippen MR) is 181 cm³/mol. The Hall–Kier alpha value is -2.09. The third kappa shape index (κ3) is 31.0. The van der Waals surface area contributed by atoms with Gasteiger partial charge in [-0.1, -0.05) is 64.2 Å². The summed E-state index contributed by atoms with van der Waals surface area (Å²) in [6.07, 6.45) is 11.6. The van der Waals surface area contributed by atoms with Crippen LogP contribution >= 0.6 is 0 Å². The number of aryl methyl sites for hydroxylation is 1. The van der Waals surface area contributed by atoms with Crippen molar-refractivity contribution in [2.45, 2.75) is 58.3 Å². The number of carbonyl (C=O) groups excluding carboxylic acids is 1. The van der Waals surface area contributed by atoms with Crippen molar-refractivity contribution in [3.63, 3.8) is 0 Å². The molecule has 1 aromatic carbocycles. The fourth-order valence-corrected chi connectivity index (χ4v) is 4.16. The van der Waals surface area contributed by atoms with Crippen LogP contribution in [0.25, 0.3) is 0 Å². The quantitative estimate of drug-likeness (QED) is 0.0528. The smallest absolute Gasteiger partial charge is 0.330 e. The summed E-state index contributed by atoms with van der Waals surface area (Å²) in [4.78, 5) is 10.8. The van der Waals surface area contributed by atoms with E-state index in [1.807, 2.05) is 0 Å².